The van der Waals surface area contributed by atoms with Gasteiger partial charge in [0, 0.05) is 5.56 Å². The van der Waals surface area contributed by atoms with Gasteiger partial charge in [-0.25, -0.2) is 10.2 Å². The first-order valence-electron chi connectivity index (χ1n) is 4.67. The van der Waals surface area contributed by atoms with E-state index < -0.39 is 6.03 Å². The van der Waals surface area contributed by atoms with Crippen molar-refractivity contribution in [3.05, 3.63) is 23.8 Å². The molecule has 0 bridgehead atoms. The highest BCUT2D eigenvalue weighted by Crippen LogP contribution is 2.21. The Morgan fingerprint density at radius 3 is 3.06 bits per heavy atom. The molecule has 0 saturated heterocycles. The molecule has 1 aromatic carbocycles. The van der Waals surface area contributed by atoms with Gasteiger partial charge in [-0.1, -0.05) is 0 Å². The predicted octanol–water partition coefficient (Wildman–Crippen LogP) is 0.793. The number of nitrogens with one attached hydrogen (secondary N) is 1. The Balaban J connectivity index is 2.81. The van der Waals surface area contributed by atoms with Crippen LogP contribution in [0.15, 0.2) is 23.3 Å². The molecule has 0 heterocycles. The van der Waals surface area contributed by atoms with Crippen molar-refractivity contribution in [3.8, 4) is 11.5 Å². The highest BCUT2D eigenvalue weighted by Gasteiger charge is 2.00. The van der Waals surface area contributed by atoms with Crippen molar-refractivity contribution in [1.29, 1.82) is 0 Å². The molecule has 0 unspecified atom stereocenters. The zero-order valence-corrected chi connectivity index (χ0v) is 8.80. The van der Waals surface area contributed by atoms with E-state index in [2.05, 4.69) is 5.10 Å². The van der Waals surface area contributed by atoms with Crippen molar-refractivity contribution in [2.24, 2.45) is 10.8 Å². The number of aromatic hydroxyl groups is 1. The predicted molar refractivity (Wildman–Crippen MR) is 59.6 cm³/mol. The molecule has 6 nitrogen and oxygen atoms in total. The van der Waals surface area contributed by atoms with Crippen LogP contribution in [0.1, 0.15) is 12.5 Å². The molecule has 1 rings (SSSR count). The molecular formula is C10H13N3O3. The molecule has 6 heteroatoms. The average molecular weight is 223 g/mol. The third-order valence-electron chi connectivity index (χ3n) is 1.69. The van der Waals surface area contributed by atoms with Crippen LogP contribution in [-0.4, -0.2) is 24.0 Å². The Labute approximate surface area is 92.7 Å². The first kappa shape index (κ1) is 11.8. The van der Waals surface area contributed by atoms with E-state index >= 15 is 0 Å². The molecule has 0 aliphatic carbocycles. The summed E-state index contributed by atoms with van der Waals surface area (Å²) in [4.78, 5) is 10.4. The van der Waals surface area contributed by atoms with Gasteiger partial charge in [0.05, 0.1) is 12.8 Å². The van der Waals surface area contributed by atoms with Crippen LogP contribution in [0.5, 0.6) is 11.5 Å². The number of hydrogen-bond acceptors (Lipinski definition) is 4. The number of primary amides is 1. The topological polar surface area (TPSA) is 96.9 Å². The molecule has 0 radical (unpaired) electrons. The summed E-state index contributed by atoms with van der Waals surface area (Å²) in [5.41, 5.74) is 7.28. The van der Waals surface area contributed by atoms with Crippen molar-refractivity contribution in [3.63, 3.8) is 0 Å². The molecule has 4 N–H and O–H groups in total. The quantitative estimate of drug-likeness (QED) is 0.520. The molecule has 0 fully saturated rings. The molecule has 16 heavy (non-hydrogen) atoms. The lowest BCUT2D eigenvalue weighted by Crippen LogP contribution is -2.24. The fourth-order valence-electron chi connectivity index (χ4n) is 1.06. The normalized spacial score (nSPS) is 10.3. The fourth-order valence-corrected chi connectivity index (χ4v) is 1.06. The SMILES string of the molecule is CCOc1ccc(O)c(C=NNC(N)=O)c1. The summed E-state index contributed by atoms with van der Waals surface area (Å²) in [6.45, 7) is 2.39. The summed E-state index contributed by atoms with van der Waals surface area (Å²) >= 11 is 0. The maximum Gasteiger partial charge on any atom is 0.332 e. The molecule has 0 aliphatic rings. The molecule has 0 aromatic heterocycles. The van der Waals surface area contributed by atoms with E-state index in [4.69, 9.17) is 10.5 Å². The van der Waals surface area contributed by atoms with Crippen molar-refractivity contribution >= 4 is 12.2 Å². The lowest BCUT2D eigenvalue weighted by atomic mass is 10.2. The monoisotopic (exact) mass is 223 g/mol. The smallest absolute Gasteiger partial charge is 0.332 e. The number of urea groups is 1. The van der Waals surface area contributed by atoms with Crippen LogP contribution < -0.4 is 15.9 Å². The molecule has 1 aromatic rings. The molecule has 86 valence electrons. The Kier molecular flexibility index (Phi) is 4.14. The second-order valence-electron chi connectivity index (χ2n) is 2.89. The van der Waals surface area contributed by atoms with Crippen LogP contribution in [0, 0.1) is 0 Å². The number of phenolic OH excluding ortho intramolecular Hbond substituents is 1. The van der Waals surface area contributed by atoms with E-state index in [-0.39, 0.29) is 5.75 Å². The minimum atomic E-state index is -0.767. The van der Waals surface area contributed by atoms with E-state index in [1.807, 2.05) is 12.3 Å². The average Bonchev–Trinajstić information content (AvgIpc) is 2.22. The molecule has 0 saturated carbocycles. The number of benzene rings is 1. The van der Waals surface area contributed by atoms with Gasteiger partial charge >= 0.3 is 6.03 Å². The van der Waals surface area contributed by atoms with Gasteiger partial charge in [-0.2, -0.15) is 5.10 Å². The minimum absolute atomic E-state index is 0.0403. The number of hydrogen-bond donors (Lipinski definition) is 3. The lowest BCUT2D eigenvalue weighted by molar-refractivity contribution is 0.249. The molecule has 0 spiro atoms. The van der Waals surface area contributed by atoms with Gasteiger partial charge in [0.2, 0.25) is 0 Å². The van der Waals surface area contributed by atoms with Crippen LogP contribution in [0.3, 0.4) is 0 Å². The standard InChI is InChI=1S/C10H13N3O3/c1-2-16-8-3-4-9(14)7(5-8)6-12-13-10(11)15/h3-6,14H,2H2,1H3,(H3,11,13,15). The maximum absolute atomic E-state index is 10.4. The van der Waals surface area contributed by atoms with Crippen LogP contribution in [0.4, 0.5) is 4.79 Å². The Morgan fingerprint density at radius 2 is 2.44 bits per heavy atom. The second kappa shape index (κ2) is 5.59. The van der Waals surface area contributed by atoms with Gasteiger partial charge in [-0.15, -0.1) is 0 Å². The number of nitrogens with two attached hydrogens (primary N) is 1. The van der Waals surface area contributed by atoms with E-state index in [9.17, 15) is 9.90 Å². The number of carbonyl (C=O) groups is 1. The highest BCUT2D eigenvalue weighted by atomic mass is 16.5. The second-order valence-corrected chi connectivity index (χ2v) is 2.89. The third-order valence-corrected chi connectivity index (χ3v) is 1.69. The number of rotatable bonds is 4. The number of ether oxygens (including phenoxy) is 1. The van der Waals surface area contributed by atoms with Gasteiger partial charge in [0.25, 0.3) is 0 Å². The Hall–Kier alpha value is -2.24. The molecule has 0 aliphatic heterocycles. The fraction of sp³-hybridized carbons (Fsp3) is 0.200. The summed E-state index contributed by atoms with van der Waals surface area (Å²) in [7, 11) is 0. The van der Waals surface area contributed by atoms with Gasteiger partial charge in [-0.05, 0) is 25.1 Å². The zero-order chi connectivity index (χ0) is 12.0. The summed E-state index contributed by atoms with van der Waals surface area (Å²) in [6.07, 6.45) is 1.28. The van der Waals surface area contributed by atoms with Crippen LogP contribution in [-0.2, 0) is 0 Å². The van der Waals surface area contributed by atoms with E-state index in [0.29, 0.717) is 17.9 Å². The summed E-state index contributed by atoms with van der Waals surface area (Å²) in [5.74, 6) is 0.652. The number of phenols is 1. The van der Waals surface area contributed by atoms with Crippen LogP contribution >= 0.6 is 0 Å². The van der Waals surface area contributed by atoms with Crippen molar-refractivity contribution in [2.45, 2.75) is 6.92 Å². The third kappa shape index (κ3) is 3.49. The number of amides is 2. The Bertz CT molecular complexity index is 404. The largest absolute Gasteiger partial charge is 0.507 e. The molecule has 0 atom stereocenters. The zero-order valence-electron chi connectivity index (χ0n) is 8.80. The first-order valence-corrected chi connectivity index (χ1v) is 4.67. The van der Waals surface area contributed by atoms with E-state index in [1.54, 1.807) is 12.1 Å². The molecule has 2 amide bonds. The molecular weight excluding hydrogens is 210 g/mol. The Morgan fingerprint density at radius 1 is 1.69 bits per heavy atom. The van der Waals surface area contributed by atoms with Crippen LogP contribution in [0.25, 0.3) is 0 Å². The summed E-state index contributed by atoms with van der Waals surface area (Å²) in [5, 5.41) is 13.0. The van der Waals surface area contributed by atoms with Gasteiger partial charge in [-0.3, -0.25) is 0 Å². The minimum Gasteiger partial charge on any atom is -0.507 e. The number of hydrazone groups is 1. The number of carbonyl (C=O) groups excluding carboxylic acids is 1. The highest BCUT2D eigenvalue weighted by molar-refractivity contribution is 5.85. The van der Waals surface area contributed by atoms with Crippen molar-refractivity contribution in [1.82, 2.24) is 5.43 Å². The summed E-state index contributed by atoms with van der Waals surface area (Å²) in [6, 6.07) is 3.95. The van der Waals surface area contributed by atoms with Gasteiger partial charge in [0.1, 0.15) is 11.5 Å². The number of nitrogens with zero attached hydrogens (tertiary/aromatic N) is 1. The first-order chi connectivity index (χ1) is 7.63. The summed E-state index contributed by atoms with van der Waals surface area (Å²) < 4.78 is 5.24. The van der Waals surface area contributed by atoms with E-state index in [0.717, 1.165) is 0 Å². The van der Waals surface area contributed by atoms with Gasteiger partial charge < -0.3 is 15.6 Å². The lowest BCUT2D eigenvalue weighted by Gasteiger charge is -2.04. The maximum atomic E-state index is 10.4. The van der Waals surface area contributed by atoms with Crippen molar-refractivity contribution in [2.75, 3.05) is 6.61 Å². The van der Waals surface area contributed by atoms with Crippen LogP contribution in [0.2, 0.25) is 0 Å². The van der Waals surface area contributed by atoms with Gasteiger partial charge in [0.15, 0.2) is 0 Å². The van der Waals surface area contributed by atoms with E-state index in [1.165, 1.54) is 12.3 Å². The van der Waals surface area contributed by atoms with Crippen molar-refractivity contribution < 1.29 is 14.6 Å².